The molecular weight excluding hydrogens is 511 g/mol. The number of benzene rings is 2. The summed E-state index contributed by atoms with van der Waals surface area (Å²) in [4.78, 5) is 11.1. The second-order valence-electron chi connectivity index (χ2n) is 6.86. The molecule has 0 radical (unpaired) electrons. The number of thiazole rings is 1. The molecule has 162 valence electrons. The Morgan fingerprint density at radius 1 is 1.20 bits per heavy atom. The number of hydrogen-bond acceptors (Lipinski definition) is 5. The van der Waals surface area contributed by atoms with Crippen molar-refractivity contribution >= 4 is 52.0 Å². The molecule has 0 saturated carbocycles. The third kappa shape index (κ3) is 6.05. The zero-order valence-corrected chi connectivity index (χ0v) is 21.2. The van der Waals surface area contributed by atoms with Crippen LogP contribution in [-0.4, -0.2) is 44.2 Å². The summed E-state index contributed by atoms with van der Waals surface area (Å²) in [5.41, 5.74) is 2.21. The molecule has 2 aromatic carbocycles. The van der Waals surface area contributed by atoms with Crippen LogP contribution < -0.4 is 10.1 Å². The number of rotatable bonds is 7. The second kappa shape index (κ2) is 11.5. The number of ether oxygens (including phenoxy) is 2. The van der Waals surface area contributed by atoms with Crippen molar-refractivity contribution in [2.45, 2.75) is 26.1 Å². The first-order chi connectivity index (χ1) is 14.0. The number of guanidine groups is 1. The molecule has 0 amide bonds. The van der Waals surface area contributed by atoms with Crippen molar-refractivity contribution in [1.82, 2.24) is 15.2 Å². The summed E-state index contributed by atoms with van der Waals surface area (Å²) in [6.07, 6.45) is 0.0179. The van der Waals surface area contributed by atoms with E-state index in [1.54, 1.807) is 32.6 Å². The quantitative estimate of drug-likeness (QED) is 0.264. The molecule has 30 heavy (non-hydrogen) atoms. The summed E-state index contributed by atoms with van der Waals surface area (Å²) in [5.74, 6) is 1.70. The van der Waals surface area contributed by atoms with Crippen LogP contribution in [0.4, 0.5) is 0 Å². The van der Waals surface area contributed by atoms with Crippen LogP contribution in [0.3, 0.4) is 0 Å². The minimum absolute atomic E-state index is 0. The Labute approximate surface area is 199 Å². The van der Waals surface area contributed by atoms with Crippen molar-refractivity contribution < 1.29 is 9.47 Å². The average Bonchev–Trinajstić information content (AvgIpc) is 3.21. The zero-order chi connectivity index (χ0) is 20.8. The van der Waals surface area contributed by atoms with Gasteiger partial charge in [0.25, 0.3) is 0 Å². The number of halogens is 1. The third-order valence-electron chi connectivity index (χ3n) is 4.81. The lowest BCUT2D eigenvalue weighted by Gasteiger charge is -2.21. The maximum absolute atomic E-state index is 5.35. The number of methoxy groups -OCH3 is 2. The Balaban J connectivity index is 0.00000320. The van der Waals surface area contributed by atoms with Gasteiger partial charge in [0.2, 0.25) is 0 Å². The van der Waals surface area contributed by atoms with Crippen molar-refractivity contribution in [3.05, 3.63) is 58.0 Å². The van der Waals surface area contributed by atoms with Gasteiger partial charge < -0.3 is 19.7 Å². The van der Waals surface area contributed by atoms with Crippen LogP contribution in [0.5, 0.6) is 5.75 Å². The predicted octanol–water partition coefficient (Wildman–Crippen LogP) is 4.84. The SMILES string of the molecule is CN=C(NCc1ccc2cc(OC)ccc2c1)N(C)Cc1csc(C(C)OC)n1.I. The highest BCUT2D eigenvalue weighted by molar-refractivity contribution is 14.0. The summed E-state index contributed by atoms with van der Waals surface area (Å²) >= 11 is 1.63. The second-order valence-corrected chi connectivity index (χ2v) is 7.75. The number of aromatic nitrogens is 1. The minimum atomic E-state index is 0. The molecule has 0 spiro atoms. The summed E-state index contributed by atoms with van der Waals surface area (Å²) in [5, 5.41) is 8.86. The molecule has 1 unspecified atom stereocenters. The van der Waals surface area contributed by atoms with Crippen LogP contribution in [0, 0.1) is 0 Å². The molecule has 0 aliphatic heterocycles. The van der Waals surface area contributed by atoms with Crippen molar-refractivity contribution in [2.24, 2.45) is 4.99 Å². The Kier molecular flexibility index (Phi) is 9.32. The van der Waals surface area contributed by atoms with Gasteiger partial charge >= 0.3 is 0 Å². The molecule has 0 fully saturated rings. The molecular formula is C22H29IN4O2S. The standard InChI is InChI=1S/C22H28N4O2S.HI/c1-15(27-4)21-25-19(14-29-21)13-26(3)22(23-2)24-12-16-6-7-18-11-20(28-5)9-8-17(18)10-16;/h6-11,14-15H,12-13H2,1-5H3,(H,23,24);1H. The first-order valence-electron chi connectivity index (χ1n) is 9.49. The summed E-state index contributed by atoms with van der Waals surface area (Å²) < 4.78 is 10.6. The fraction of sp³-hybridized carbons (Fsp3) is 0.364. The summed E-state index contributed by atoms with van der Waals surface area (Å²) in [7, 11) is 7.20. The molecule has 0 aliphatic rings. The number of hydrogen-bond donors (Lipinski definition) is 1. The van der Waals surface area contributed by atoms with E-state index in [1.165, 1.54) is 16.3 Å². The molecule has 6 nitrogen and oxygen atoms in total. The largest absolute Gasteiger partial charge is 0.497 e. The maximum Gasteiger partial charge on any atom is 0.194 e. The number of nitrogens with zero attached hydrogens (tertiary/aromatic N) is 3. The number of aliphatic imine (C=N–C) groups is 1. The molecule has 0 saturated heterocycles. The van der Waals surface area contributed by atoms with Crippen molar-refractivity contribution in [2.75, 3.05) is 28.3 Å². The van der Waals surface area contributed by atoms with E-state index in [0.717, 1.165) is 22.4 Å². The topological polar surface area (TPSA) is 59.0 Å². The van der Waals surface area contributed by atoms with Gasteiger partial charge in [-0.05, 0) is 41.5 Å². The lowest BCUT2D eigenvalue weighted by atomic mass is 10.1. The summed E-state index contributed by atoms with van der Waals surface area (Å²) in [6, 6.07) is 12.5. The van der Waals surface area contributed by atoms with Gasteiger partial charge in [0.15, 0.2) is 5.96 Å². The molecule has 1 atom stereocenters. The van der Waals surface area contributed by atoms with Crippen LogP contribution in [0.2, 0.25) is 0 Å². The van der Waals surface area contributed by atoms with Gasteiger partial charge in [0.05, 0.1) is 19.3 Å². The van der Waals surface area contributed by atoms with E-state index in [2.05, 4.69) is 49.8 Å². The molecule has 1 N–H and O–H groups in total. The minimum Gasteiger partial charge on any atom is -0.497 e. The van der Waals surface area contributed by atoms with E-state index in [9.17, 15) is 0 Å². The van der Waals surface area contributed by atoms with Crippen molar-refractivity contribution in [3.8, 4) is 5.75 Å². The Hall–Kier alpha value is -1.91. The predicted molar refractivity (Wildman–Crippen MR) is 135 cm³/mol. The number of nitrogens with one attached hydrogen (secondary N) is 1. The Morgan fingerprint density at radius 2 is 1.93 bits per heavy atom. The van der Waals surface area contributed by atoms with Crippen LogP contribution in [0.1, 0.15) is 29.3 Å². The van der Waals surface area contributed by atoms with Gasteiger partial charge in [-0.2, -0.15) is 0 Å². The highest BCUT2D eigenvalue weighted by atomic mass is 127. The van der Waals surface area contributed by atoms with Crippen molar-refractivity contribution in [3.63, 3.8) is 0 Å². The van der Waals surface area contributed by atoms with Gasteiger partial charge in [-0.15, -0.1) is 35.3 Å². The molecule has 1 aromatic heterocycles. The smallest absolute Gasteiger partial charge is 0.194 e. The monoisotopic (exact) mass is 540 g/mol. The molecule has 1 heterocycles. The maximum atomic E-state index is 5.35. The van der Waals surface area contributed by atoms with Crippen LogP contribution >= 0.6 is 35.3 Å². The summed E-state index contributed by atoms with van der Waals surface area (Å²) in [6.45, 7) is 3.39. The Morgan fingerprint density at radius 3 is 2.63 bits per heavy atom. The van der Waals surface area contributed by atoms with E-state index < -0.39 is 0 Å². The first-order valence-corrected chi connectivity index (χ1v) is 10.4. The third-order valence-corrected chi connectivity index (χ3v) is 5.86. The lowest BCUT2D eigenvalue weighted by molar-refractivity contribution is 0.119. The van der Waals surface area contributed by atoms with Gasteiger partial charge in [0, 0.05) is 33.1 Å². The molecule has 0 bridgehead atoms. The first kappa shape index (κ1) is 24.4. The van der Waals surface area contributed by atoms with E-state index in [1.807, 2.05) is 26.1 Å². The molecule has 0 aliphatic carbocycles. The van der Waals surface area contributed by atoms with Gasteiger partial charge in [0.1, 0.15) is 16.9 Å². The molecule has 3 aromatic rings. The number of fused-ring (bicyclic) bond motifs is 1. The van der Waals surface area contributed by atoms with Crippen molar-refractivity contribution in [1.29, 1.82) is 0 Å². The van der Waals surface area contributed by atoms with Gasteiger partial charge in [-0.3, -0.25) is 4.99 Å². The van der Waals surface area contributed by atoms with E-state index >= 15 is 0 Å². The fourth-order valence-corrected chi connectivity index (χ4v) is 3.92. The van der Waals surface area contributed by atoms with Crippen LogP contribution in [0.25, 0.3) is 10.8 Å². The highest BCUT2D eigenvalue weighted by Crippen LogP contribution is 2.22. The normalized spacial score (nSPS) is 12.4. The molecule has 3 rings (SSSR count). The van der Waals surface area contributed by atoms with E-state index in [0.29, 0.717) is 13.1 Å². The van der Waals surface area contributed by atoms with E-state index in [-0.39, 0.29) is 30.1 Å². The Bertz CT molecular complexity index is 992. The lowest BCUT2D eigenvalue weighted by Crippen LogP contribution is -2.38. The molecule has 8 heteroatoms. The van der Waals surface area contributed by atoms with Crippen LogP contribution in [0.15, 0.2) is 46.8 Å². The average molecular weight is 540 g/mol. The highest BCUT2D eigenvalue weighted by Gasteiger charge is 2.12. The zero-order valence-electron chi connectivity index (χ0n) is 18.0. The van der Waals surface area contributed by atoms with E-state index in [4.69, 9.17) is 9.47 Å². The van der Waals surface area contributed by atoms with Crippen LogP contribution in [-0.2, 0) is 17.8 Å². The van der Waals surface area contributed by atoms with Gasteiger partial charge in [-0.1, -0.05) is 18.2 Å². The fourth-order valence-electron chi connectivity index (χ4n) is 3.08. The van der Waals surface area contributed by atoms with Gasteiger partial charge in [-0.25, -0.2) is 4.98 Å².